The molecule has 7 nitrogen and oxygen atoms in total. The number of hydrogen-bond acceptors (Lipinski definition) is 4. The highest BCUT2D eigenvalue weighted by Crippen LogP contribution is 2.18. The molecule has 7 heteroatoms. The first-order valence-electron chi connectivity index (χ1n) is 8.22. The first-order valence-corrected chi connectivity index (χ1v) is 8.22. The first-order chi connectivity index (χ1) is 10.7. The van der Waals surface area contributed by atoms with Crippen LogP contribution in [0.15, 0.2) is 11.3 Å². The Kier molecular flexibility index (Phi) is 6.64. The van der Waals surface area contributed by atoms with Crippen LogP contribution >= 0.6 is 0 Å². The topological polar surface area (TPSA) is 70.4 Å². The van der Waals surface area contributed by atoms with Crippen molar-refractivity contribution < 1.29 is 0 Å². The smallest absolute Gasteiger partial charge is 0.191 e. The van der Waals surface area contributed by atoms with E-state index in [2.05, 4.69) is 44.6 Å². The average molecular weight is 307 g/mol. The Bertz CT molecular complexity index is 460. The van der Waals surface area contributed by atoms with Gasteiger partial charge in [0, 0.05) is 20.1 Å². The molecule has 1 aromatic heterocycles. The van der Waals surface area contributed by atoms with Gasteiger partial charge in [0.1, 0.15) is 18.7 Å². The molecular weight excluding hydrogens is 278 g/mol. The van der Waals surface area contributed by atoms with Gasteiger partial charge in [-0.2, -0.15) is 5.10 Å². The molecule has 0 radical (unpaired) electrons. The summed E-state index contributed by atoms with van der Waals surface area (Å²) in [5.41, 5.74) is 0. The Morgan fingerprint density at radius 3 is 2.73 bits per heavy atom. The number of hydrogen-bond donors (Lipinski definition) is 2. The van der Waals surface area contributed by atoms with Crippen LogP contribution in [0.4, 0.5) is 0 Å². The molecule has 2 rings (SSSR count). The van der Waals surface area contributed by atoms with Crippen molar-refractivity contribution >= 4 is 5.96 Å². The molecule has 1 aromatic rings. The molecule has 0 aliphatic carbocycles. The summed E-state index contributed by atoms with van der Waals surface area (Å²) < 4.78 is 1.76. The van der Waals surface area contributed by atoms with Gasteiger partial charge in [0.15, 0.2) is 5.96 Å². The van der Waals surface area contributed by atoms with E-state index in [4.69, 9.17) is 0 Å². The normalized spacial score (nSPS) is 17.7. The molecule has 1 fully saturated rings. The van der Waals surface area contributed by atoms with Crippen LogP contribution in [0.2, 0.25) is 0 Å². The summed E-state index contributed by atoms with van der Waals surface area (Å²) in [6.07, 6.45) is 5.39. The van der Waals surface area contributed by atoms with Gasteiger partial charge in [-0.3, -0.25) is 4.68 Å². The molecule has 1 aliphatic heterocycles. The van der Waals surface area contributed by atoms with Crippen LogP contribution in [0.25, 0.3) is 0 Å². The lowest BCUT2D eigenvalue weighted by atomic mass is 9.94. The van der Waals surface area contributed by atoms with Crippen LogP contribution in [-0.4, -0.2) is 58.9 Å². The largest absolute Gasteiger partial charge is 0.357 e. The molecule has 0 saturated carbocycles. The molecule has 0 spiro atoms. The van der Waals surface area contributed by atoms with Gasteiger partial charge in [0.05, 0.1) is 0 Å². The molecular formula is C15H29N7. The fourth-order valence-corrected chi connectivity index (χ4v) is 2.70. The second-order valence-electron chi connectivity index (χ2n) is 5.96. The van der Waals surface area contributed by atoms with Crippen LogP contribution in [0, 0.1) is 5.92 Å². The summed E-state index contributed by atoms with van der Waals surface area (Å²) in [5, 5.41) is 10.8. The summed E-state index contributed by atoms with van der Waals surface area (Å²) in [7, 11) is 4.09. The number of likely N-dealkylation sites (tertiary alicyclic amines) is 1. The Morgan fingerprint density at radius 2 is 2.09 bits per heavy atom. The SMILES string of the molecule is CCNC(=NCc1ncnn1C)NCCC1CCN(C)CC1. The lowest BCUT2D eigenvalue weighted by Gasteiger charge is -2.29. The second kappa shape index (κ2) is 8.73. The van der Waals surface area contributed by atoms with Gasteiger partial charge in [-0.05, 0) is 52.2 Å². The summed E-state index contributed by atoms with van der Waals surface area (Å²) in [6, 6.07) is 0. The van der Waals surface area contributed by atoms with Gasteiger partial charge in [0.25, 0.3) is 0 Å². The van der Waals surface area contributed by atoms with Gasteiger partial charge in [-0.25, -0.2) is 9.98 Å². The summed E-state index contributed by atoms with van der Waals surface area (Å²) in [4.78, 5) is 11.2. The molecule has 0 amide bonds. The Hall–Kier alpha value is -1.63. The third-order valence-electron chi connectivity index (χ3n) is 4.21. The number of nitrogens with one attached hydrogen (secondary N) is 2. The van der Waals surface area contributed by atoms with Crippen LogP contribution in [0.1, 0.15) is 32.0 Å². The van der Waals surface area contributed by atoms with Crippen LogP contribution in [-0.2, 0) is 13.6 Å². The highest BCUT2D eigenvalue weighted by molar-refractivity contribution is 5.79. The maximum atomic E-state index is 4.57. The van der Waals surface area contributed by atoms with Gasteiger partial charge in [-0.1, -0.05) is 0 Å². The maximum Gasteiger partial charge on any atom is 0.191 e. The van der Waals surface area contributed by atoms with E-state index in [-0.39, 0.29) is 0 Å². The number of rotatable bonds is 6. The van der Waals surface area contributed by atoms with Gasteiger partial charge >= 0.3 is 0 Å². The molecule has 2 N–H and O–H groups in total. The third kappa shape index (κ3) is 5.29. The molecule has 1 aliphatic rings. The zero-order valence-corrected chi connectivity index (χ0v) is 14.0. The summed E-state index contributed by atoms with van der Waals surface area (Å²) in [6.45, 7) is 6.91. The zero-order chi connectivity index (χ0) is 15.8. The highest BCUT2D eigenvalue weighted by Gasteiger charge is 2.16. The standard InChI is InChI=1S/C15H29N7/c1-4-16-15(18-11-14-19-12-20-22(14)3)17-8-5-13-6-9-21(2)10-7-13/h12-13H,4-11H2,1-3H3,(H2,16,17,18). The van der Waals surface area contributed by atoms with E-state index in [1.807, 2.05) is 7.05 Å². The quantitative estimate of drug-likeness (QED) is 0.595. The van der Waals surface area contributed by atoms with Crippen molar-refractivity contribution in [2.24, 2.45) is 18.0 Å². The Labute approximate surface area is 133 Å². The third-order valence-corrected chi connectivity index (χ3v) is 4.21. The minimum atomic E-state index is 0.542. The minimum absolute atomic E-state index is 0.542. The summed E-state index contributed by atoms with van der Waals surface area (Å²) in [5.74, 6) is 2.57. The zero-order valence-electron chi connectivity index (χ0n) is 14.0. The van der Waals surface area contributed by atoms with Gasteiger partial charge < -0.3 is 15.5 Å². The monoisotopic (exact) mass is 307 g/mol. The van der Waals surface area contributed by atoms with E-state index in [0.717, 1.165) is 30.8 Å². The van der Waals surface area contributed by atoms with Crippen molar-refractivity contribution in [2.75, 3.05) is 33.2 Å². The number of guanidine groups is 1. The van der Waals surface area contributed by atoms with Crippen molar-refractivity contribution in [3.63, 3.8) is 0 Å². The molecule has 22 heavy (non-hydrogen) atoms. The molecule has 0 bridgehead atoms. The molecule has 0 aromatic carbocycles. The van der Waals surface area contributed by atoms with Crippen molar-refractivity contribution in [1.29, 1.82) is 0 Å². The first kappa shape index (κ1) is 16.7. The maximum absolute atomic E-state index is 4.57. The van der Waals surface area contributed by atoms with Crippen LogP contribution in [0.3, 0.4) is 0 Å². The molecule has 0 unspecified atom stereocenters. The van der Waals surface area contributed by atoms with E-state index in [0.29, 0.717) is 6.54 Å². The fourth-order valence-electron chi connectivity index (χ4n) is 2.70. The van der Waals surface area contributed by atoms with Gasteiger partial charge in [0.2, 0.25) is 0 Å². The van der Waals surface area contributed by atoms with E-state index in [1.165, 1.54) is 32.4 Å². The molecule has 2 heterocycles. The van der Waals surface area contributed by atoms with Crippen molar-refractivity contribution in [3.05, 3.63) is 12.2 Å². The second-order valence-corrected chi connectivity index (χ2v) is 5.96. The van der Waals surface area contributed by atoms with E-state index in [1.54, 1.807) is 11.0 Å². The van der Waals surface area contributed by atoms with Crippen molar-refractivity contribution in [1.82, 2.24) is 30.3 Å². The molecule has 124 valence electrons. The predicted molar refractivity (Wildman–Crippen MR) is 88.7 cm³/mol. The van der Waals surface area contributed by atoms with Crippen molar-refractivity contribution in [3.8, 4) is 0 Å². The number of piperidine rings is 1. The fraction of sp³-hybridized carbons (Fsp3) is 0.800. The lowest BCUT2D eigenvalue weighted by molar-refractivity contribution is 0.213. The number of aromatic nitrogens is 3. The Morgan fingerprint density at radius 1 is 1.32 bits per heavy atom. The highest BCUT2D eigenvalue weighted by atomic mass is 15.3. The van der Waals surface area contributed by atoms with Crippen LogP contribution in [0.5, 0.6) is 0 Å². The van der Waals surface area contributed by atoms with Gasteiger partial charge in [-0.15, -0.1) is 0 Å². The van der Waals surface area contributed by atoms with E-state index < -0.39 is 0 Å². The minimum Gasteiger partial charge on any atom is -0.357 e. The predicted octanol–water partition coefficient (Wildman–Crippen LogP) is 0.602. The average Bonchev–Trinajstić information content (AvgIpc) is 2.92. The van der Waals surface area contributed by atoms with Crippen molar-refractivity contribution in [2.45, 2.75) is 32.7 Å². The lowest BCUT2D eigenvalue weighted by Crippen LogP contribution is -2.39. The van der Waals surface area contributed by atoms with E-state index in [9.17, 15) is 0 Å². The number of aryl methyl sites for hydroxylation is 1. The van der Waals surface area contributed by atoms with E-state index >= 15 is 0 Å². The number of nitrogens with zero attached hydrogens (tertiary/aromatic N) is 5. The summed E-state index contributed by atoms with van der Waals surface area (Å²) >= 11 is 0. The number of aliphatic imine (C=N–C) groups is 1. The Balaban J connectivity index is 1.75. The molecule has 0 atom stereocenters. The molecule has 1 saturated heterocycles. The van der Waals surface area contributed by atoms with Crippen LogP contribution < -0.4 is 10.6 Å².